The summed E-state index contributed by atoms with van der Waals surface area (Å²) in [5.74, 6) is 0.237. The normalized spacial score (nSPS) is 10.4. The maximum Gasteiger partial charge on any atom is 0.258 e. The van der Waals surface area contributed by atoms with E-state index in [2.05, 4.69) is 15.3 Å². The summed E-state index contributed by atoms with van der Waals surface area (Å²) in [6, 6.07) is 15.1. The van der Waals surface area contributed by atoms with Crippen molar-refractivity contribution in [3.05, 3.63) is 77.1 Å². The number of hydrogen-bond donors (Lipinski definition) is 1. The first-order valence-electron chi connectivity index (χ1n) is 7.73. The molecule has 1 amide bonds. The Kier molecular flexibility index (Phi) is 4.95. The van der Waals surface area contributed by atoms with Crippen LogP contribution < -0.4 is 10.2 Å². The Morgan fingerprint density at radius 1 is 1.08 bits per heavy atom. The first kappa shape index (κ1) is 16.9. The lowest BCUT2D eigenvalue weighted by Gasteiger charge is -2.17. The molecule has 1 N–H and O–H groups in total. The molecule has 0 fully saturated rings. The number of aromatic nitrogens is 2. The summed E-state index contributed by atoms with van der Waals surface area (Å²) in [5, 5.41) is 3.40. The maximum atomic E-state index is 12.4. The molecule has 0 spiro atoms. The van der Waals surface area contributed by atoms with E-state index in [-0.39, 0.29) is 5.91 Å². The van der Waals surface area contributed by atoms with Gasteiger partial charge in [-0.3, -0.25) is 4.79 Å². The van der Waals surface area contributed by atoms with Crippen LogP contribution in [0.4, 0.5) is 17.3 Å². The predicted octanol–water partition coefficient (Wildman–Crippen LogP) is 4.46. The van der Waals surface area contributed by atoms with Crippen LogP contribution in [-0.2, 0) is 0 Å². The zero-order valence-electron chi connectivity index (χ0n) is 13.9. The lowest BCUT2D eigenvalue weighted by Crippen LogP contribution is -2.16. The zero-order valence-corrected chi connectivity index (χ0v) is 14.7. The van der Waals surface area contributed by atoms with Crippen LogP contribution in [0.3, 0.4) is 0 Å². The molecular formula is C19H17ClN4O. The van der Waals surface area contributed by atoms with Gasteiger partial charge in [0.05, 0.1) is 5.56 Å². The highest BCUT2D eigenvalue weighted by Gasteiger charge is 2.11. The molecule has 0 aliphatic heterocycles. The van der Waals surface area contributed by atoms with E-state index in [1.807, 2.05) is 55.3 Å². The largest absolute Gasteiger partial charge is 0.322 e. The van der Waals surface area contributed by atoms with Crippen molar-refractivity contribution < 1.29 is 4.79 Å². The van der Waals surface area contributed by atoms with Crippen LogP contribution in [0.2, 0.25) is 5.02 Å². The van der Waals surface area contributed by atoms with Crippen molar-refractivity contribution in [3.63, 3.8) is 0 Å². The highest BCUT2D eigenvalue weighted by molar-refractivity contribution is 6.31. The highest BCUT2D eigenvalue weighted by Crippen LogP contribution is 2.22. The van der Waals surface area contributed by atoms with Gasteiger partial charge in [-0.15, -0.1) is 0 Å². The van der Waals surface area contributed by atoms with E-state index in [4.69, 9.17) is 11.6 Å². The summed E-state index contributed by atoms with van der Waals surface area (Å²) in [5.41, 5.74) is 2.95. The zero-order chi connectivity index (χ0) is 17.8. The first-order chi connectivity index (χ1) is 12.0. The first-order valence-corrected chi connectivity index (χ1v) is 8.11. The van der Waals surface area contributed by atoms with Gasteiger partial charge >= 0.3 is 0 Å². The fraction of sp³-hybridized carbons (Fsp3) is 0.105. The minimum Gasteiger partial charge on any atom is -0.322 e. The molecular weight excluding hydrogens is 336 g/mol. The molecule has 126 valence electrons. The van der Waals surface area contributed by atoms with Crippen LogP contribution in [0.25, 0.3) is 0 Å². The molecule has 5 nitrogen and oxygen atoms in total. The number of rotatable bonds is 4. The minimum absolute atomic E-state index is 0.278. The lowest BCUT2D eigenvalue weighted by atomic mass is 10.2. The van der Waals surface area contributed by atoms with Crippen molar-refractivity contribution in [1.29, 1.82) is 0 Å². The topological polar surface area (TPSA) is 58.1 Å². The Labute approximate surface area is 151 Å². The van der Waals surface area contributed by atoms with Crippen molar-refractivity contribution in [1.82, 2.24) is 9.97 Å². The van der Waals surface area contributed by atoms with Gasteiger partial charge in [-0.25, -0.2) is 9.97 Å². The van der Waals surface area contributed by atoms with Crippen LogP contribution in [0, 0.1) is 6.92 Å². The standard InChI is InChI=1S/C19H17ClN4O/c1-13-8-9-15(20)10-17(13)23-18(25)14-11-21-19(22-12-14)24(2)16-6-4-3-5-7-16/h3-12H,1-2H3,(H,23,25). The van der Waals surface area contributed by atoms with E-state index >= 15 is 0 Å². The van der Waals surface area contributed by atoms with Gasteiger partial charge in [-0.1, -0.05) is 35.9 Å². The van der Waals surface area contributed by atoms with Crippen LogP contribution in [0.1, 0.15) is 15.9 Å². The Hall–Kier alpha value is -2.92. The van der Waals surface area contributed by atoms with Gasteiger partial charge in [0.25, 0.3) is 5.91 Å². The summed E-state index contributed by atoms with van der Waals surface area (Å²) < 4.78 is 0. The number of hydrogen-bond acceptors (Lipinski definition) is 4. The SMILES string of the molecule is Cc1ccc(Cl)cc1NC(=O)c1cnc(N(C)c2ccccc2)nc1. The van der Waals surface area contributed by atoms with E-state index in [9.17, 15) is 4.79 Å². The molecule has 0 aliphatic rings. The van der Waals surface area contributed by atoms with Crippen molar-refractivity contribution in [2.75, 3.05) is 17.3 Å². The lowest BCUT2D eigenvalue weighted by molar-refractivity contribution is 0.102. The molecule has 0 atom stereocenters. The Morgan fingerprint density at radius 3 is 2.44 bits per heavy atom. The number of amides is 1. The van der Waals surface area contributed by atoms with E-state index < -0.39 is 0 Å². The molecule has 0 aliphatic carbocycles. The third-order valence-electron chi connectivity index (χ3n) is 3.79. The van der Waals surface area contributed by atoms with Gasteiger partial charge in [0.1, 0.15) is 0 Å². The summed E-state index contributed by atoms with van der Waals surface area (Å²) in [6.07, 6.45) is 3.02. The molecule has 3 rings (SSSR count). The molecule has 1 aromatic heterocycles. The Morgan fingerprint density at radius 2 is 1.76 bits per heavy atom. The second kappa shape index (κ2) is 7.32. The molecule has 1 heterocycles. The number of halogens is 1. The van der Waals surface area contributed by atoms with Crippen molar-refractivity contribution >= 4 is 34.8 Å². The number of anilines is 3. The number of nitrogens with zero attached hydrogens (tertiary/aromatic N) is 3. The highest BCUT2D eigenvalue weighted by atomic mass is 35.5. The molecule has 0 unspecified atom stereocenters. The molecule has 0 saturated heterocycles. The van der Waals surface area contributed by atoms with Gasteiger partial charge in [-0.2, -0.15) is 0 Å². The summed E-state index contributed by atoms with van der Waals surface area (Å²) in [4.78, 5) is 22.8. The summed E-state index contributed by atoms with van der Waals surface area (Å²) >= 11 is 5.98. The molecule has 0 saturated carbocycles. The van der Waals surface area contributed by atoms with Crippen molar-refractivity contribution in [2.24, 2.45) is 0 Å². The maximum absolute atomic E-state index is 12.4. The minimum atomic E-state index is -0.278. The molecule has 2 aromatic carbocycles. The van der Waals surface area contributed by atoms with Crippen LogP contribution >= 0.6 is 11.6 Å². The predicted molar refractivity (Wildman–Crippen MR) is 101 cm³/mol. The third-order valence-corrected chi connectivity index (χ3v) is 4.03. The van der Waals surface area contributed by atoms with Crippen LogP contribution in [-0.4, -0.2) is 22.9 Å². The number of aryl methyl sites for hydroxylation is 1. The second-order valence-corrected chi connectivity index (χ2v) is 6.02. The molecule has 3 aromatic rings. The van der Waals surface area contributed by atoms with Gasteiger partial charge in [0.2, 0.25) is 5.95 Å². The fourth-order valence-electron chi connectivity index (χ4n) is 2.30. The number of carbonyl (C=O) groups excluding carboxylic acids is 1. The van der Waals surface area contributed by atoms with Crippen molar-refractivity contribution in [3.8, 4) is 0 Å². The van der Waals surface area contributed by atoms with Crippen LogP contribution in [0.15, 0.2) is 60.9 Å². The number of benzene rings is 2. The van der Waals surface area contributed by atoms with Gasteiger partial charge in [0, 0.05) is 35.8 Å². The monoisotopic (exact) mass is 352 g/mol. The van der Waals surface area contributed by atoms with Gasteiger partial charge in [0.15, 0.2) is 0 Å². The van der Waals surface area contributed by atoms with Gasteiger partial charge < -0.3 is 10.2 Å². The second-order valence-electron chi connectivity index (χ2n) is 5.58. The quantitative estimate of drug-likeness (QED) is 0.753. The number of nitrogens with one attached hydrogen (secondary N) is 1. The third kappa shape index (κ3) is 3.95. The van der Waals surface area contributed by atoms with Crippen LogP contribution in [0.5, 0.6) is 0 Å². The average molecular weight is 353 g/mol. The number of carbonyl (C=O) groups is 1. The average Bonchev–Trinajstić information content (AvgIpc) is 2.65. The molecule has 6 heteroatoms. The summed E-state index contributed by atoms with van der Waals surface area (Å²) in [7, 11) is 1.87. The molecule has 25 heavy (non-hydrogen) atoms. The summed E-state index contributed by atoms with van der Waals surface area (Å²) in [6.45, 7) is 1.90. The molecule has 0 radical (unpaired) electrons. The molecule has 0 bridgehead atoms. The Bertz CT molecular complexity index is 882. The van der Waals surface area contributed by atoms with E-state index in [0.717, 1.165) is 11.3 Å². The smallest absolute Gasteiger partial charge is 0.258 e. The van der Waals surface area contributed by atoms with E-state index in [1.54, 1.807) is 12.1 Å². The number of para-hydroxylation sites is 1. The van der Waals surface area contributed by atoms with E-state index in [1.165, 1.54) is 12.4 Å². The Balaban J connectivity index is 1.76. The fourth-order valence-corrected chi connectivity index (χ4v) is 2.47. The van der Waals surface area contributed by atoms with Crippen molar-refractivity contribution in [2.45, 2.75) is 6.92 Å². The van der Waals surface area contributed by atoms with Gasteiger partial charge in [-0.05, 0) is 36.8 Å². The van der Waals surface area contributed by atoms with E-state index in [0.29, 0.717) is 22.2 Å².